The van der Waals surface area contributed by atoms with Crippen LogP contribution >= 0.6 is 0 Å². The summed E-state index contributed by atoms with van der Waals surface area (Å²) in [5, 5.41) is 12.3. The molecular weight excluding hydrogens is 338 g/mol. The van der Waals surface area contributed by atoms with Gasteiger partial charge in [-0.25, -0.2) is 14.6 Å². The molecular formula is C20H21N7. The lowest BCUT2D eigenvalue weighted by Gasteiger charge is -2.09. The largest absolute Gasteiger partial charge is 0.340 e. The van der Waals surface area contributed by atoms with Gasteiger partial charge in [-0.2, -0.15) is 10.2 Å². The third-order valence-corrected chi connectivity index (χ3v) is 4.30. The third-order valence-electron chi connectivity index (χ3n) is 4.30. The van der Waals surface area contributed by atoms with Gasteiger partial charge < -0.3 is 5.32 Å². The Labute approximate surface area is 157 Å². The van der Waals surface area contributed by atoms with E-state index in [0.29, 0.717) is 0 Å². The average Bonchev–Trinajstić information content (AvgIpc) is 3.16. The second-order valence-electron chi connectivity index (χ2n) is 6.55. The number of aryl methyl sites for hydroxylation is 4. The van der Waals surface area contributed by atoms with Crippen LogP contribution in [-0.4, -0.2) is 29.5 Å². The molecule has 7 heteroatoms. The smallest absolute Gasteiger partial charge is 0.148 e. The highest BCUT2D eigenvalue weighted by Crippen LogP contribution is 2.24. The van der Waals surface area contributed by atoms with Gasteiger partial charge in [0.25, 0.3) is 0 Å². The minimum atomic E-state index is 0.764. The molecule has 1 aromatic carbocycles. The molecule has 3 aromatic heterocycles. The number of hydrogen-bond acceptors (Lipinski definition) is 5. The van der Waals surface area contributed by atoms with Crippen LogP contribution in [0, 0.1) is 20.8 Å². The van der Waals surface area contributed by atoms with Gasteiger partial charge in [0, 0.05) is 30.7 Å². The zero-order chi connectivity index (χ0) is 19.0. The maximum absolute atomic E-state index is 4.53. The van der Waals surface area contributed by atoms with Gasteiger partial charge in [0.1, 0.15) is 17.5 Å². The first-order chi connectivity index (χ1) is 13.0. The second kappa shape index (κ2) is 6.68. The van der Waals surface area contributed by atoms with E-state index in [-0.39, 0.29) is 0 Å². The van der Waals surface area contributed by atoms with Gasteiger partial charge in [-0.3, -0.25) is 4.68 Å². The molecule has 4 aromatic rings. The Morgan fingerprint density at radius 2 is 1.74 bits per heavy atom. The Hall–Kier alpha value is -3.48. The summed E-state index contributed by atoms with van der Waals surface area (Å²) in [6.45, 7) is 5.89. The highest BCUT2D eigenvalue weighted by Gasteiger charge is 2.08. The van der Waals surface area contributed by atoms with E-state index in [1.54, 1.807) is 6.20 Å². The van der Waals surface area contributed by atoms with Gasteiger partial charge in [0.15, 0.2) is 0 Å². The van der Waals surface area contributed by atoms with Crippen molar-refractivity contribution in [3.8, 4) is 16.9 Å². The minimum Gasteiger partial charge on any atom is -0.340 e. The number of pyridine rings is 1. The van der Waals surface area contributed by atoms with Gasteiger partial charge in [0.2, 0.25) is 0 Å². The first-order valence-corrected chi connectivity index (χ1v) is 8.74. The molecule has 0 unspecified atom stereocenters. The number of nitrogens with zero attached hydrogens (tertiary/aromatic N) is 6. The molecule has 0 amide bonds. The number of anilines is 2. The molecule has 0 saturated carbocycles. The molecule has 136 valence electrons. The van der Waals surface area contributed by atoms with Crippen LogP contribution in [0.2, 0.25) is 0 Å². The van der Waals surface area contributed by atoms with Crippen molar-refractivity contribution in [2.24, 2.45) is 7.05 Å². The maximum Gasteiger partial charge on any atom is 0.148 e. The van der Waals surface area contributed by atoms with Crippen LogP contribution in [0.1, 0.15) is 17.2 Å². The molecule has 0 radical (unpaired) electrons. The Balaban J connectivity index is 1.57. The molecule has 4 rings (SSSR count). The Kier molecular flexibility index (Phi) is 4.19. The minimum absolute atomic E-state index is 0.764. The van der Waals surface area contributed by atoms with Crippen LogP contribution < -0.4 is 5.32 Å². The van der Waals surface area contributed by atoms with Gasteiger partial charge in [-0.1, -0.05) is 0 Å². The number of benzene rings is 1. The third kappa shape index (κ3) is 3.44. The highest BCUT2D eigenvalue weighted by atomic mass is 15.3. The zero-order valence-electron chi connectivity index (χ0n) is 15.8. The summed E-state index contributed by atoms with van der Waals surface area (Å²) < 4.78 is 3.66. The second-order valence-corrected chi connectivity index (χ2v) is 6.55. The van der Waals surface area contributed by atoms with Crippen molar-refractivity contribution in [2.45, 2.75) is 20.8 Å². The summed E-state index contributed by atoms with van der Waals surface area (Å²) in [6.07, 6.45) is 3.80. The van der Waals surface area contributed by atoms with Crippen LogP contribution in [0.3, 0.4) is 0 Å². The quantitative estimate of drug-likeness (QED) is 0.601. The van der Waals surface area contributed by atoms with Gasteiger partial charge >= 0.3 is 0 Å². The van der Waals surface area contributed by atoms with E-state index in [0.717, 1.165) is 45.7 Å². The van der Waals surface area contributed by atoms with Crippen LogP contribution in [0.25, 0.3) is 16.9 Å². The summed E-state index contributed by atoms with van der Waals surface area (Å²) >= 11 is 0. The summed E-state index contributed by atoms with van der Waals surface area (Å²) in [4.78, 5) is 8.76. The van der Waals surface area contributed by atoms with E-state index < -0.39 is 0 Å². The molecule has 7 nitrogen and oxygen atoms in total. The van der Waals surface area contributed by atoms with Crippen LogP contribution in [0.5, 0.6) is 0 Å². The molecule has 0 aliphatic rings. The molecule has 0 bridgehead atoms. The van der Waals surface area contributed by atoms with Crippen LogP contribution in [0.4, 0.5) is 11.5 Å². The number of hydrogen-bond donors (Lipinski definition) is 1. The zero-order valence-corrected chi connectivity index (χ0v) is 15.8. The van der Waals surface area contributed by atoms with Crippen LogP contribution in [-0.2, 0) is 7.05 Å². The average molecular weight is 359 g/mol. The topological polar surface area (TPSA) is 73.5 Å². The van der Waals surface area contributed by atoms with E-state index in [2.05, 4.69) is 32.4 Å². The first kappa shape index (κ1) is 17.0. The molecule has 0 fully saturated rings. The predicted molar refractivity (Wildman–Crippen MR) is 105 cm³/mol. The van der Waals surface area contributed by atoms with Crippen molar-refractivity contribution in [2.75, 3.05) is 5.32 Å². The maximum atomic E-state index is 4.53. The van der Waals surface area contributed by atoms with Crippen molar-refractivity contribution in [1.29, 1.82) is 0 Å². The van der Waals surface area contributed by atoms with Crippen molar-refractivity contribution in [1.82, 2.24) is 29.5 Å². The Morgan fingerprint density at radius 3 is 2.37 bits per heavy atom. The van der Waals surface area contributed by atoms with E-state index in [4.69, 9.17) is 0 Å². The molecule has 0 saturated heterocycles. The van der Waals surface area contributed by atoms with Gasteiger partial charge in [-0.05, 0) is 62.7 Å². The fourth-order valence-electron chi connectivity index (χ4n) is 3.14. The van der Waals surface area contributed by atoms with Gasteiger partial charge in [-0.15, -0.1) is 0 Å². The lowest BCUT2D eigenvalue weighted by atomic mass is 10.1. The van der Waals surface area contributed by atoms with Crippen molar-refractivity contribution in [3.05, 3.63) is 66.0 Å². The first-order valence-electron chi connectivity index (χ1n) is 8.74. The predicted octanol–water partition coefficient (Wildman–Crippen LogP) is 3.73. The monoisotopic (exact) mass is 359 g/mol. The fraction of sp³-hybridized carbons (Fsp3) is 0.200. The summed E-state index contributed by atoms with van der Waals surface area (Å²) in [7, 11) is 1.93. The molecule has 27 heavy (non-hydrogen) atoms. The lowest BCUT2D eigenvalue weighted by Crippen LogP contribution is -2.00. The number of rotatable bonds is 4. The highest BCUT2D eigenvalue weighted by molar-refractivity contribution is 5.68. The summed E-state index contributed by atoms with van der Waals surface area (Å²) in [5.41, 5.74) is 5.07. The van der Waals surface area contributed by atoms with Crippen molar-refractivity contribution >= 4 is 11.5 Å². The Morgan fingerprint density at radius 1 is 0.963 bits per heavy atom. The standard InChI is InChI=1S/C20H21N7/c1-13-12-26(4)25-20(13)16-9-10-21-19(11-16)23-17-5-7-18(8-6-17)27-15(3)22-14(2)24-27/h5-12H,1-4H3,(H,21,23). The lowest BCUT2D eigenvalue weighted by molar-refractivity contribution is 0.770. The Bertz CT molecular complexity index is 1090. The fourth-order valence-corrected chi connectivity index (χ4v) is 3.14. The summed E-state index contributed by atoms with van der Waals surface area (Å²) in [5.74, 6) is 2.41. The molecule has 0 aliphatic carbocycles. The van der Waals surface area contributed by atoms with E-state index >= 15 is 0 Å². The number of nitrogens with one attached hydrogen (secondary N) is 1. The SMILES string of the molecule is Cc1nc(C)n(-c2ccc(Nc3cc(-c4nn(C)cc4C)ccn3)cc2)n1. The van der Waals surface area contributed by atoms with E-state index in [1.165, 1.54) is 0 Å². The molecule has 0 atom stereocenters. The van der Waals surface area contributed by atoms with E-state index in [1.807, 2.05) is 72.9 Å². The molecule has 1 N–H and O–H groups in total. The normalized spacial score (nSPS) is 11.0. The van der Waals surface area contributed by atoms with Crippen molar-refractivity contribution < 1.29 is 0 Å². The van der Waals surface area contributed by atoms with Gasteiger partial charge in [0.05, 0.1) is 11.4 Å². The van der Waals surface area contributed by atoms with E-state index in [9.17, 15) is 0 Å². The van der Waals surface area contributed by atoms with Crippen molar-refractivity contribution in [3.63, 3.8) is 0 Å². The summed E-state index contributed by atoms with van der Waals surface area (Å²) in [6, 6.07) is 12.0. The molecule has 3 heterocycles. The molecule has 0 aliphatic heterocycles. The van der Waals surface area contributed by atoms with Crippen LogP contribution in [0.15, 0.2) is 48.8 Å². The molecule has 0 spiro atoms. The number of aromatic nitrogens is 6.